The third-order valence-electron chi connectivity index (χ3n) is 5.90. The minimum atomic E-state index is -0.847. The second-order valence-electron chi connectivity index (χ2n) is 7.82. The standard InChI is InChI=1S/C22H20N4O3S/c27-18(13-8-10-22(11-9-13)20(28)25-21(29)26-22)23-15-5-3-4-14(12-15)19-24-16-6-1-2-7-17(16)30-19/h1-7,12-13H,8-11H2,(H,23,27)(H2,25,26,28,29). The lowest BCUT2D eigenvalue weighted by atomic mass is 9.76. The molecule has 0 unspecified atom stereocenters. The fourth-order valence-corrected chi connectivity index (χ4v) is 5.18. The van der Waals surface area contributed by atoms with E-state index in [2.05, 4.69) is 20.9 Å². The van der Waals surface area contributed by atoms with Crippen molar-refractivity contribution in [2.24, 2.45) is 5.92 Å². The van der Waals surface area contributed by atoms with Crippen LogP contribution in [-0.4, -0.2) is 28.4 Å². The maximum atomic E-state index is 12.8. The van der Waals surface area contributed by atoms with Gasteiger partial charge in [0.1, 0.15) is 10.5 Å². The highest BCUT2D eigenvalue weighted by atomic mass is 32.1. The summed E-state index contributed by atoms with van der Waals surface area (Å²) >= 11 is 1.62. The minimum Gasteiger partial charge on any atom is -0.326 e. The van der Waals surface area contributed by atoms with E-state index in [1.165, 1.54) is 0 Å². The monoisotopic (exact) mass is 420 g/mol. The Kier molecular flexibility index (Phi) is 4.51. The summed E-state index contributed by atoms with van der Waals surface area (Å²) < 4.78 is 1.13. The summed E-state index contributed by atoms with van der Waals surface area (Å²) in [6.07, 6.45) is 2.04. The SMILES string of the molecule is O=C1NC(=O)C2(CCC(C(=O)Nc3cccc(-c4nc5ccccc5s4)c3)CC2)N1. The van der Waals surface area contributed by atoms with Gasteiger partial charge in [-0.05, 0) is 49.9 Å². The Bertz CT molecular complexity index is 1130. The van der Waals surface area contributed by atoms with Crippen molar-refractivity contribution in [1.29, 1.82) is 0 Å². The number of nitrogens with zero attached hydrogens (tertiary/aromatic N) is 1. The fraction of sp³-hybridized carbons (Fsp3) is 0.273. The van der Waals surface area contributed by atoms with Gasteiger partial charge in [-0.2, -0.15) is 0 Å². The van der Waals surface area contributed by atoms with E-state index in [0.717, 1.165) is 26.5 Å². The molecule has 2 aromatic carbocycles. The first-order chi connectivity index (χ1) is 14.5. The zero-order valence-corrected chi connectivity index (χ0v) is 16.9. The summed E-state index contributed by atoms with van der Waals surface area (Å²) in [6, 6.07) is 15.2. The Hall–Kier alpha value is -3.26. The van der Waals surface area contributed by atoms with Crippen LogP contribution in [0.2, 0.25) is 0 Å². The van der Waals surface area contributed by atoms with Crippen molar-refractivity contribution in [2.45, 2.75) is 31.2 Å². The number of amides is 4. The van der Waals surface area contributed by atoms with Gasteiger partial charge in [-0.3, -0.25) is 14.9 Å². The number of carbonyl (C=O) groups excluding carboxylic acids is 3. The number of hydrogen-bond acceptors (Lipinski definition) is 5. The number of rotatable bonds is 3. The normalized spacial score (nSPS) is 23.4. The summed E-state index contributed by atoms with van der Waals surface area (Å²) in [6.45, 7) is 0. The van der Waals surface area contributed by atoms with Gasteiger partial charge in [-0.1, -0.05) is 24.3 Å². The van der Waals surface area contributed by atoms with Crippen LogP contribution in [0.3, 0.4) is 0 Å². The van der Waals surface area contributed by atoms with Crippen LogP contribution in [0, 0.1) is 5.92 Å². The first-order valence-electron chi connectivity index (χ1n) is 9.93. The molecule has 30 heavy (non-hydrogen) atoms. The Morgan fingerprint density at radius 2 is 1.90 bits per heavy atom. The second kappa shape index (κ2) is 7.21. The van der Waals surface area contributed by atoms with E-state index in [1.807, 2.05) is 48.5 Å². The molecule has 3 aromatic rings. The number of urea groups is 1. The quantitative estimate of drug-likeness (QED) is 0.563. The van der Waals surface area contributed by atoms with Crippen molar-refractivity contribution >= 4 is 45.1 Å². The maximum absolute atomic E-state index is 12.8. The summed E-state index contributed by atoms with van der Waals surface area (Å²) in [4.78, 5) is 41.0. The van der Waals surface area contributed by atoms with Gasteiger partial charge < -0.3 is 10.6 Å². The second-order valence-corrected chi connectivity index (χ2v) is 8.85. The average Bonchev–Trinajstić information content (AvgIpc) is 3.29. The van der Waals surface area contributed by atoms with Gasteiger partial charge in [-0.15, -0.1) is 11.3 Å². The molecule has 4 amide bonds. The van der Waals surface area contributed by atoms with Crippen LogP contribution in [0.1, 0.15) is 25.7 Å². The third-order valence-corrected chi connectivity index (χ3v) is 6.98. The number of hydrogen-bond donors (Lipinski definition) is 3. The zero-order valence-electron chi connectivity index (χ0n) is 16.1. The number of nitrogens with one attached hydrogen (secondary N) is 3. The Balaban J connectivity index is 1.27. The molecule has 2 aliphatic rings. The van der Waals surface area contributed by atoms with E-state index in [0.29, 0.717) is 25.7 Å². The minimum absolute atomic E-state index is 0.0592. The van der Waals surface area contributed by atoms with Crippen LogP contribution in [0.25, 0.3) is 20.8 Å². The van der Waals surface area contributed by atoms with Crippen LogP contribution in [0.5, 0.6) is 0 Å². The number of carbonyl (C=O) groups is 3. The molecule has 2 heterocycles. The summed E-state index contributed by atoms with van der Waals surface area (Å²) in [7, 11) is 0. The number of thiazole rings is 1. The van der Waals surface area contributed by atoms with Crippen LogP contribution in [-0.2, 0) is 9.59 Å². The van der Waals surface area contributed by atoms with E-state index < -0.39 is 11.6 Å². The highest BCUT2D eigenvalue weighted by molar-refractivity contribution is 7.21. The molecular weight excluding hydrogens is 400 g/mol. The number of imide groups is 1. The summed E-state index contributed by atoms with van der Waals surface area (Å²) in [5.74, 6) is -0.530. The first-order valence-corrected chi connectivity index (χ1v) is 10.7. The number of benzene rings is 2. The van der Waals surface area contributed by atoms with E-state index in [4.69, 9.17) is 0 Å². The van der Waals surface area contributed by atoms with Gasteiger partial charge in [-0.25, -0.2) is 9.78 Å². The number of para-hydroxylation sites is 1. The van der Waals surface area contributed by atoms with Crippen molar-refractivity contribution in [3.63, 3.8) is 0 Å². The van der Waals surface area contributed by atoms with Crippen LogP contribution < -0.4 is 16.0 Å². The summed E-state index contributed by atoms with van der Waals surface area (Å²) in [5.41, 5.74) is 1.80. The van der Waals surface area contributed by atoms with Crippen molar-refractivity contribution < 1.29 is 14.4 Å². The van der Waals surface area contributed by atoms with Crippen LogP contribution in [0.4, 0.5) is 10.5 Å². The molecule has 1 spiro atoms. The predicted molar refractivity (Wildman–Crippen MR) is 115 cm³/mol. The molecule has 7 nitrogen and oxygen atoms in total. The van der Waals surface area contributed by atoms with Gasteiger partial charge >= 0.3 is 6.03 Å². The van der Waals surface area contributed by atoms with Crippen molar-refractivity contribution in [3.8, 4) is 10.6 Å². The van der Waals surface area contributed by atoms with Crippen LogP contribution in [0.15, 0.2) is 48.5 Å². The molecule has 1 saturated heterocycles. The average molecular weight is 420 g/mol. The number of aromatic nitrogens is 1. The Morgan fingerprint density at radius 3 is 2.63 bits per heavy atom. The molecule has 3 N–H and O–H groups in total. The third kappa shape index (κ3) is 3.33. The lowest BCUT2D eigenvalue weighted by Gasteiger charge is -2.33. The molecule has 2 fully saturated rings. The van der Waals surface area contributed by atoms with E-state index >= 15 is 0 Å². The Labute approximate surface area is 176 Å². The lowest BCUT2D eigenvalue weighted by Crippen LogP contribution is -2.50. The molecule has 1 aromatic heterocycles. The van der Waals surface area contributed by atoms with Gasteiger partial charge in [0.2, 0.25) is 5.91 Å². The number of anilines is 1. The summed E-state index contributed by atoms with van der Waals surface area (Å²) in [5, 5.41) is 8.94. The van der Waals surface area contributed by atoms with Crippen molar-refractivity contribution in [3.05, 3.63) is 48.5 Å². The molecule has 1 aliphatic carbocycles. The smallest absolute Gasteiger partial charge is 0.322 e. The van der Waals surface area contributed by atoms with Gasteiger partial charge in [0, 0.05) is 17.2 Å². The fourth-order valence-electron chi connectivity index (χ4n) is 4.22. The van der Waals surface area contributed by atoms with Crippen LogP contribution >= 0.6 is 11.3 Å². The molecule has 5 rings (SSSR count). The van der Waals surface area contributed by atoms with Gasteiger partial charge in [0.05, 0.1) is 10.2 Å². The molecular formula is C22H20N4O3S. The van der Waals surface area contributed by atoms with Gasteiger partial charge in [0.15, 0.2) is 0 Å². The van der Waals surface area contributed by atoms with E-state index in [-0.39, 0.29) is 17.7 Å². The molecule has 1 aliphatic heterocycles. The predicted octanol–water partition coefficient (Wildman–Crippen LogP) is 3.67. The molecule has 8 heteroatoms. The highest BCUT2D eigenvalue weighted by Gasteiger charge is 2.48. The Morgan fingerprint density at radius 1 is 1.10 bits per heavy atom. The van der Waals surface area contributed by atoms with Crippen molar-refractivity contribution in [1.82, 2.24) is 15.6 Å². The van der Waals surface area contributed by atoms with Gasteiger partial charge in [0.25, 0.3) is 5.91 Å². The zero-order chi connectivity index (χ0) is 20.7. The lowest BCUT2D eigenvalue weighted by molar-refractivity contribution is -0.128. The largest absolute Gasteiger partial charge is 0.326 e. The first kappa shape index (κ1) is 18.7. The molecule has 0 radical (unpaired) electrons. The highest BCUT2D eigenvalue weighted by Crippen LogP contribution is 2.35. The van der Waals surface area contributed by atoms with E-state index in [9.17, 15) is 14.4 Å². The van der Waals surface area contributed by atoms with Crippen molar-refractivity contribution in [2.75, 3.05) is 5.32 Å². The van der Waals surface area contributed by atoms with E-state index in [1.54, 1.807) is 11.3 Å². The molecule has 1 saturated carbocycles. The molecule has 152 valence electrons. The topological polar surface area (TPSA) is 100 Å². The molecule has 0 bridgehead atoms. The number of fused-ring (bicyclic) bond motifs is 1. The maximum Gasteiger partial charge on any atom is 0.322 e. The molecule has 0 atom stereocenters.